The fourth-order valence-corrected chi connectivity index (χ4v) is 4.13. The van der Waals surface area contributed by atoms with Gasteiger partial charge < -0.3 is 5.32 Å². The molecule has 0 atom stereocenters. The van der Waals surface area contributed by atoms with Gasteiger partial charge >= 0.3 is 0 Å². The van der Waals surface area contributed by atoms with Crippen LogP contribution in [0.5, 0.6) is 0 Å². The van der Waals surface area contributed by atoms with Gasteiger partial charge in [-0.25, -0.2) is 4.98 Å². The zero-order valence-electron chi connectivity index (χ0n) is 14.8. The Kier molecular flexibility index (Phi) is 4.22. The molecule has 0 aliphatic carbocycles. The van der Waals surface area contributed by atoms with Gasteiger partial charge in [-0.05, 0) is 0 Å². The zero-order valence-corrected chi connectivity index (χ0v) is 15.6. The van der Waals surface area contributed by atoms with E-state index in [1.54, 1.807) is 23.5 Å². The first-order valence-electron chi connectivity index (χ1n) is 8.38. The summed E-state index contributed by atoms with van der Waals surface area (Å²) in [5, 5.41) is 7.27. The van der Waals surface area contributed by atoms with E-state index in [1.165, 1.54) is 0 Å². The van der Waals surface area contributed by atoms with E-state index in [4.69, 9.17) is 4.98 Å². The van der Waals surface area contributed by atoms with Crippen LogP contribution >= 0.6 is 11.3 Å². The van der Waals surface area contributed by atoms with Gasteiger partial charge in [-0.2, -0.15) is 0 Å². The number of hydrogen-bond acceptors (Lipinski definition) is 5. The smallest absolute Gasteiger partial charge is 0.126 e. The molecule has 0 amide bonds. The van der Waals surface area contributed by atoms with E-state index in [1.807, 2.05) is 41.6 Å². The lowest BCUT2D eigenvalue weighted by atomic mass is 10.1. The number of nitrogens with one attached hydrogen (secondary N) is 1. The Labute approximate surface area is 162 Å². The first kappa shape index (κ1) is 17.0. The number of benzene rings is 1. The second-order valence-electron chi connectivity index (χ2n) is 5.99. The van der Waals surface area contributed by atoms with Crippen LogP contribution in [0.15, 0.2) is 87.0 Å². The molecule has 0 spiro atoms. The molecule has 5 heteroatoms. The van der Waals surface area contributed by atoms with Gasteiger partial charge in [-0.3, -0.25) is 9.88 Å². The predicted molar refractivity (Wildman–Crippen MR) is 117 cm³/mol. The lowest BCUT2D eigenvalue weighted by molar-refractivity contribution is 1.12. The maximum atomic E-state index is 4.78. The number of fused-ring (bicyclic) bond motifs is 2. The van der Waals surface area contributed by atoms with Crippen molar-refractivity contribution in [2.24, 2.45) is 0 Å². The van der Waals surface area contributed by atoms with E-state index >= 15 is 0 Å². The van der Waals surface area contributed by atoms with Crippen LogP contribution in [0.2, 0.25) is 0 Å². The average Bonchev–Trinajstić information content (AvgIpc) is 3.10. The predicted octanol–water partition coefficient (Wildman–Crippen LogP) is 5.82. The Morgan fingerprint density at radius 3 is 2.74 bits per heavy atom. The van der Waals surface area contributed by atoms with Crippen LogP contribution in [-0.4, -0.2) is 9.97 Å². The van der Waals surface area contributed by atoms with Crippen LogP contribution in [0.3, 0.4) is 0 Å². The number of pyridine rings is 1. The number of aromatic nitrogens is 2. The SMILES string of the molecule is C=C/C=C(\C=C)c1nc2c(s1)NC(=C)N(c1cncc3ccccc13)C2=C. The topological polar surface area (TPSA) is 41.1 Å². The van der Waals surface area contributed by atoms with Gasteiger partial charge in [0.15, 0.2) is 0 Å². The number of nitrogens with zero attached hydrogens (tertiary/aromatic N) is 3. The molecule has 4 rings (SSSR count). The van der Waals surface area contributed by atoms with Crippen molar-refractivity contribution in [3.63, 3.8) is 0 Å². The lowest BCUT2D eigenvalue weighted by Gasteiger charge is -2.33. The van der Waals surface area contributed by atoms with Crippen LogP contribution < -0.4 is 10.2 Å². The summed E-state index contributed by atoms with van der Waals surface area (Å²) < 4.78 is 0. The molecular formula is C22H18N4S. The summed E-state index contributed by atoms with van der Waals surface area (Å²) in [6.07, 6.45) is 9.07. The zero-order chi connectivity index (χ0) is 19.0. The van der Waals surface area contributed by atoms with Crippen LogP contribution in [-0.2, 0) is 0 Å². The molecule has 3 aromatic rings. The summed E-state index contributed by atoms with van der Waals surface area (Å²) >= 11 is 1.54. The molecule has 2 aromatic heterocycles. The molecule has 0 radical (unpaired) electrons. The van der Waals surface area contributed by atoms with Crippen LogP contribution in [0.25, 0.3) is 22.0 Å². The van der Waals surface area contributed by atoms with Gasteiger partial charge in [-0.1, -0.05) is 80.1 Å². The second kappa shape index (κ2) is 6.70. The Morgan fingerprint density at radius 1 is 1.15 bits per heavy atom. The molecule has 1 N–H and O–H groups in total. The molecule has 1 aliphatic rings. The van der Waals surface area contributed by atoms with Crippen molar-refractivity contribution in [1.82, 2.24) is 9.97 Å². The summed E-state index contributed by atoms with van der Waals surface area (Å²) in [4.78, 5) is 11.1. The van der Waals surface area contributed by atoms with Crippen molar-refractivity contribution >= 4 is 44.1 Å². The summed E-state index contributed by atoms with van der Waals surface area (Å²) in [5.41, 5.74) is 3.40. The Morgan fingerprint density at radius 2 is 1.96 bits per heavy atom. The highest BCUT2D eigenvalue weighted by Gasteiger charge is 2.29. The number of thiazole rings is 1. The van der Waals surface area contributed by atoms with E-state index in [0.717, 1.165) is 43.4 Å². The molecular weight excluding hydrogens is 352 g/mol. The third kappa shape index (κ3) is 2.78. The van der Waals surface area contributed by atoms with Crippen molar-refractivity contribution < 1.29 is 0 Å². The van der Waals surface area contributed by atoms with Crippen molar-refractivity contribution in [1.29, 1.82) is 0 Å². The highest BCUT2D eigenvalue weighted by molar-refractivity contribution is 7.17. The minimum Gasteiger partial charge on any atom is -0.332 e. The molecule has 0 saturated carbocycles. The van der Waals surface area contributed by atoms with Crippen molar-refractivity contribution in [2.75, 3.05) is 10.2 Å². The standard InChI is InChI=1S/C22H18N4S/c1-5-9-16(6-2)21-25-20-14(3)26(15(4)24-22(20)27-21)19-13-23-12-17-10-7-8-11-18(17)19/h5-13,24H,1-4H2/b16-9+. The number of hydrogen-bond donors (Lipinski definition) is 1. The fraction of sp³-hybridized carbons (Fsp3) is 0. The summed E-state index contributed by atoms with van der Waals surface area (Å²) in [5.74, 6) is 0.716. The van der Waals surface area contributed by atoms with Gasteiger partial charge in [0.1, 0.15) is 21.5 Å². The Balaban J connectivity index is 1.83. The molecule has 1 aromatic carbocycles. The minimum absolute atomic E-state index is 0.716. The molecule has 0 saturated heterocycles. The third-order valence-electron chi connectivity index (χ3n) is 4.35. The number of allylic oxidation sites excluding steroid dienone is 4. The van der Waals surface area contributed by atoms with Gasteiger partial charge in [0, 0.05) is 22.5 Å². The first-order chi connectivity index (χ1) is 13.1. The third-order valence-corrected chi connectivity index (χ3v) is 5.37. The largest absolute Gasteiger partial charge is 0.332 e. The molecule has 27 heavy (non-hydrogen) atoms. The molecule has 132 valence electrons. The normalized spacial score (nSPS) is 14.1. The van der Waals surface area contributed by atoms with Gasteiger partial charge in [0.05, 0.1) is 17.6 Å². The Bertz CT molecular complexity index is 1130. The molecule has 0 bridgehead atoms. The van der Waals surface area contributed by atoms with E-state index in [0.29, 0.717) is 5.82 Å². The van der Waals surface area contributed by atoms with E-state index in [-0.39, 0.29) is 0 Å². The monoisotopic (exact) mass is 370 g/mol. The second-order valence-corrected chi connectivity index (χ2v) is 6.99. The van der Waals surface area contributed by atoms with Crippen molar-refractivity contribution in [3.05, 3.63) is 97.7 Å². The van der Waals surface area contributed by atoms with Crippen LogP contribution in [0.4, 0.5) is 10.7 Å². The molecule has 4 nitrogen and oxygen atoms in total. The molecule has 0 fully saturated rings. The minimum atomic E-state index is 0.716. The lowest BCUT2D eigenvalue weighted by Crippen LogP contribution is -2.29. The molecule has 1 aliphatic heterocycles. The van der Waals surface area contributed by atoms with E-state index in [2.05, 4.69) is 42.7 Å². The molecule has 3 heterocycles. The Hall–Kier alpha value is -3.44. The van der Waals surface area contributed by atoms with Crippen molar-refractivity contribution in [3.8, 4) is 0 Å². The number of rotatable bonds is 4. The maximum absolute atomic E-state index is 4.78. The summed E-state index contributed by atoms with van der Waals surface area (Å²) in [7, 11) is 0. The summed E-state index contributed by atoms with van der Waals surface area (Å²) in [6.45, 7) is 16.1. The highest BCUT2D eigenvalue weighted by atomic mass is 32.1. The van der Waals surface area contributed by atoms with Gasteiger partial charge in [0.25, 0.3) is 0 Å². The fourth-order valence-electron chi connectivity index (χ4n) is 3.10. The van der Waals surface area contributed by atoms with Crippen LogP contribution in [0, 0.1) is 0 Å². The highest BCUT2D eigenvalue weighted by Crippen LogP contribution is 2.43. The van der Waals surface area contributed by atoms with Crippen molar-refractivity contribution in [2.45, 2.75) is 0 Å². The quantitative estimate of drug-likeness (QED) is 0.588. The summed E-state index contributed by atoms with van der Waals surface area (Å²) in [6, 6.07) is 8.12. The average molecular weight is 370 g/mol. The van der Waals surface area contributed by atoms with E-state index in [9.17, 15) is 0 Å². The van der Waals surface area contributed by atoms with E-state index < -0.39 is 0 Å². The first-order valence-corrected chi connectivity index (χ1v) is 9.20. The maximum Gasteiger partial charge on any atom is 0.126 e. The van der Waals surface area contributed by atoms with Gasteiger partial charge in [-0.15, -0.1) is 0 Å². The van der Waals surface area contributed by atoms with Crippen LogP contribution in [0.1, 0.15) is 10.7 Å². The number of anilines is 2. The van der Waals surface area contributed by atoms with Gasteiger partial charge in [0.2, 0.25) is 0 Å². The molecule has 0 unspecified atom stereocenters.